The highest BCUT2D eigenvalue weighted by Gasteiger charge is 2.15. The minimum absolute atomic E-state index is 0.130. The molecule has 1 amide bonds. The molecule has 2 heterocycles. The number of carboxylic acid groups (broad SMARTS) is 1. The summed E-state index contributed by atoms with van der Waals surface area (Å²) in [5.74, 6) is -1.66. The Hall–Kier alpha value is -2.96. The highest BCUT2D eigenvalue weighted by Crippen LogP contribution is 2.11. The third kappa shape index (κ3) is 3.14. The maximum atomic E-state index is 12.1. The number of hydrogen-bond donors (Lipinski definition) is 2. The van der Waals surface area contributed by atoms with Crippen LogP contribution in [0.25, 0.3) is 0 Å². The Bertz CT molecular complexity index is 734. The average Bonchev–Trinajstić information content (AvgIpc) is 2.81. The Morgan fingerprint density at radius 2 is 2.00 bits per heavy atom. The van der Waals surface area contributed by atoms with Crippen LogP contribution in [0.5, 0.6) is 0 Å². The number of carbonyl (C=O) groups excluding carboxylic acids is 2. The SMILES string of the molecule is CC(=O)c1cc(C(=O)Nc2cccc(C(=O)O)n2)n(C)c1. The first kappa shape index (κ1) is 14.4. The quantitative estimate of drug-likeness (QED) is 0.831. The fourth-order valence-electron chi connectivity index (χ4n) is 1.79. The Labute approximate surface area is 120 Å². The van der Waals surface area contributed by atoms with Gasteiger partial charge in [0.2, 0.25) is 0 Å². The van der Waals surface area contributed by atoms with Crippen LogP contribution in [-0.4, -0.2) is 32.3 Å². The third-order valence-electron chi connectivity index (χ3n) is 2.85. The Morgan fingerprint density at radius 1 is 1.29 bits per heavy atom. The summed E-state index contributed by atoms with van der Waals surface area (Å²) in [5.41, 5.74) is 0.543. The molecule has 0 bridgehead atoms. The van der Waals surface area contributed by atoms with Gasteiger partial charge in [-0.15, -0.1) is 0 Å². The number of aromatic nitrogens is 2. The molecule has 2 aromatic rings. The summed E-state index contributed by atoms with van der Waals surface area (Å²) in [7, 11) is 1.64. The second-order valence-corrected chi connectivity index (χ2v) is 4.45. The fourth-order valence-corrected chi connectivity index (χ4v) is 1.79. The van der Waals surface area contributed by atoms with Gasteiger partial charge in [-0.1, -0.05) is 6.07 Å². The van der Waals surface area contributed by atoms with Crippen LogP contribution in [0.15, 0.2) is 30.5 Å². The van der Waals surface area contributed by atoms with Crippen molar-refractivity contribution in [2.45, 2.75) is 6.92 Å². The van der Waals surface area contributed by atoms with Crippen LogP contribution in [0.4, 0.5) is 5.82 Å². The molecule has 0 aliphatic rings. The molecule has 0 aliphatic carbocycles. The molecule has 0 spiro atoms. The fraction of sp³-hybridized carbons (Fsp3) is 0.143. The topological polar surface area (TPSA) is 101 Å². The minimum Gasteiger partial charge on any atom is -0.477 e. The zero-order valence-electron chi connectivity index (χ0n) is 11.5. The Morgan fingerprint density at radius 3 is 2.57 bits per heavy atom. The van der Waals surface area contributed by atoms with Crippen molar-refractivity contribution < 1.29 is 19.5 Å². The molecule has 0 unspecified atom stereocenters. The lowest BCUT2D eigenvalue weighted by atomic mass is 10.2. The number of pyridine rings is 1. The molecule has 0 fully saturated rings. The van der Waals surface area contributed by atoms with Crippen LogP contribution >= 0.6 is 0 Å². The average molecular weight is 287 g/mol. The molecular formula is C14H13N3O4. The molecule has 7 nitrogen and oxygen atoms in total. The van der Waals surface area contributed by atoms with Gasteiger partial charge in [0.25, 0.3) is 5.91 Å². The molecule has 0 radical (unpaired) electrons. The third-order valence-corrected chi connectivity index (χ3v) is 2.85. The maximum Gasteiger partial charge on any atom is 0.354 e. The van der Waals surface area contributed by atoms with Crippen molar-refractivity contribution in [1.82, 2.24) is 9.55 Å². The standard InChI is InChI=1S/C14H13N3O4/c1-8(18)9-6-11(17(2)7-9)13(19)16-12-5-3-4-10(15-12)14(20)21/h3-7H,1-2H3,(H,20,21)(H,15,16,19). The van der Waals surface area contributed by atoms with Crippen LogP contribution in [0.2, 0.25) is 0 Å². The van der Waals surface area contributed by atoms with Crippen molar-refractivity contribution in [1.29, 1.82) is 0 Å². The number of nitrogens with one attached hydrogen (secondary N) is 1. The maximum absolute atomic E-state index is 12.1. The van der Waals surface area contributed by atoms with E-state index in [-0.39, 0.29) is 23.0 Å². The van der Waals surface area contributed by atoms with Crippen molar-refractivity contribution in [2.75, 3.05) is 5.32 Å². The van der Waals surface area contributed by atoms with Crippen molar-refractivity contribution in [2.24, 2.45) is 7.05 Å². The molecule has 21 heavy (non-hydrogen) atoms. The molecule has 0 saturated carbocycles. The van der Waals surface area contributed by atoms with Gasteiger partial charge in [0.15, 0.2) is 11.5 Å². The zero-order chi connectivity index (χ0) is 15.6. The van der Waals surface area contributed by atoms with Crippen molar-refractivity contribution >= 4 is 23.5 Å². The second kappa shape index (κ2) is 5.58. The normalized spacial score (nSPS) is 10.2. The molecule has 108 valence electrons. The number of nitrogens with zero attached hydrogens (tertiary/aromatic N) is 2. The van der Waals surface area contributed by atoms with Crippen LogP contribution in [0.1, 0.15) is 38.3 Å². The van der Waals surface area contributed by atoms with E-state index < -0.39 is 11.9 Å². The number of rotatable bonds is 4. The van der Waals surface area contributed by atoms with Crippen molar-refractivity contribution in [3.05, 3.63) is 47.4 Å². The second-order valence-electron chi connectivity index (χ2n) is 4.45. The number of amides is 1. The molecule has 2 N–H and O–H groups in total. The molecule has 2 aromatic heterocycles. The number of aryl methyl sites for hydroxylation is 1. The monoisotopic (exact) mass is 287 g/mol. The predicted molar refractivity (Wildman–Crippen MR) is 74.6 cm³/mol. The number of Topliss-reactive ketones (excluding diaryl/α,β-unsaturated/α-hetero) is 1. The van der Waals surface area contributed by atoms with E-state index in [1.807, 2.05) is 0 Å². The molecule has 2 rings (SSSR count). The molecule has 0 aromatic carbocycles. The number of aromatic carboxylic acids is 1. The first-order valence-electron chi connectivity index (χ1n) is 6.07. The smallest absolute Gasteiger partial charge is 0.354 e. The number of anilines is 1. The van der Waals surface area contributed by atoms with E-state index in [4.69, 9.17) is 5.11 Å². The highest BCUT2D eigenvalue weighted by molar-refractivity contribution is 6.05. The van der Waals surface area contributed by atoms with Gasteiger partial charge in [-0.25, -0.2) is 9.78 Å². The van der Waals surface area contributed by atoms with Crippen LogP contribution < -0.4 is 5.32 Å². The van der Waals surface area contributed by atoms with Gasteiger partial charge in [0, 0.05) is 18.8 Å². The lowest BCUT2D eigenvalue weighted by Crippen LogP contribution is -2.16. The van der Waals surface area contributed by atoms with E-state index in [2.05, 4.69) is 10.3 Å². The largest absolute Gasteiger partial charge is 0.477 e. The zero-order valence-corrected chi connectivity index (χ0v) is 11.5. The predicted octanol–water partition coefficient (Wildman–Crippen LogP) is 1.57. The van der Waals surface area contributed by atoms with E-state index in [9.17, 15) is 14.4 Å². The van der Waals surface area contributed by atoms with Gasteiger partial charge >= 0.3 is 5.97 Å². The van der Waals surface area contributed by atoms with E-state index in [0.717, 1.165) is 0 Å². The van der Waals surface area contributed by atoms with Gasteiger partial charge in [0.05, 0.1) is 0 Å². The highest BCUT2D eigenvalue weighted by atomic mass is 16.4. The van der Waals surface area contributed by atoms with Gasteiger partial charge in [-0.3, -0.25) is 9.59 Å². The van der Waals surface area contributed by atoms with Gasteiger partial charge < -0.3 is 15.0 Å². The van der Waals surface area contributed by atoms with E-state index >= 15 is 0 Å². The lowest BCUT2D eigenvalue weighted by Gasteiger charge is -2.05. The summed E-state index contributed by atoms with van der Waals surface area (Å²) in [6, 6.07) is 5.77. The summed E-state index contributed by atoms with van der Waals surface area (Å²) >= 11 is 0. The first-order chi connectivity index (χ1) is 9.88. The Balaban J connectivity index is 2.24. The van der Waals surface area contributed by atoms with Crippen molar-refractivity contribution in [3.63, 3.8) is 0 Å². The van der Waals surface area contributed by atoms with Crippen LogP contribution in [0.3, 0.4) is 0 Å². The van der Waals surface area contributed by atoms with E-state index in [1.54, 1.807) is 13.2 Å². The number of carbonyl (C=O) groups is 3. The van der Waals surface area contributed by atoms with Crippen LogP contribution in [0, 0.1) is 0 Å². The number of hydrogen-bond acceptors (Lipinski definition) is 4. The summed E-state index contributed by atoms with van der Waals surface area (Å²) in [6.07, 6.45) is 1.55. The summed E-state index contributed by atoms with van der Waals surface area (Å²) in [6.45, 7) is 1.41. The van der Waals surface area contributed by atoms with E-state index in [0.29, 0.717) is 5.56 Å². The molecule has 0 saturated heterocycles. The summed E-state index contributed by atoms with van der Waals surface area (Å²) < 4.78 is 1.52. The molecule has 0 atom stereocenters. The summed E-state index contributed by atoms with van der Waals surface area (Å²) in [5, 5.41) is 11.4. The van der Waals surface area contributed by atoms with Crippen molar-refractivity contribution in [3.8, 4) is 0 Å². The van der Waals surface area contributed by atoms with E-state index in [1.165, 1.54) is 35.8 Å². The van der Waals surface area contributed by atoms with Gasteiger partial charge in [0.1, 0.15) is 11.5 Å². The Kier molecular flexibility index (Phi) is 3.84. The number of carboxylic acids is 1. The first-order valence-corrected chi connectivity index (χ1v) is 6.07. The van der Waals surface area contributed by atoms with Gasteiger partial charge in [-0.2, -0.15) is 0 Å². The molecule has 7 heteroatoms. The van der Waals surface area contributed by atoms with Crippen LogP contribution in [-0.2, 0) is 7.05 Å². The molecule has 0 aliphatic heterocycles. The van der Waals surface area contributed by atoms with Gasteiger partial charge in [-0.05, 0) is 25.1 Å². The lowest BCUT2D eigenvalue weighted by molar-refractivity contribution is 0.0690. The minimum atomic E-state index is -1.18. The molecular weight excluding hydrogens is 274 g/mol. The number of ketones is 1. The summed E-state index contributed by atoms with van der Waals surface area (Å²) in [4.78, 5) is 38.0.